The summed E-state index contributed by atoms with van der Waals surface area (Å²) >= 11 is 0. The van der Waals surface area contributed by atoms with Crippen molar-refractivity contribution in [1.29, 1.82) is 0 Å². The predicted octanol–water partition coefficient (Wildman–Crippen LogP) is 6.04. The molecule has 2 heterocycles. The molecule has 2 aromatic carbocycles. The van der Waals surface area contributed by atoms with E-state index in [9.17, 15) is 13.2 Å². The number of rotatable bonds is 8. The highest BCUT2D eigenvalue weighted by Crippen LogP contribution is 2.70. The van der Waals surface area contributed by atoms with Crippen molar-refractivity contribution < 1.29 is 22.4 Å². The zero-order valence-corrected chi connectivity index (χ0v) is 24.1. The first-order valence-corrected chi connectivity index (χ1v) is 15.7. The summed E-state index contributed by atoms with van der Waals surface area (Å²) in [5.41, 5.74) is 2.35. The molecule has 3 aromatic rings. The number of fused-ring (bicyclic) bond motifs is 1. The minimum Gasteiger partial charge on any atom is -0.493 e. The molecule has 2 aliphatic carbocycles. The molecule has 3 atom stereocenters. The van der Waals surface area contributed by atoms with Crippen molar-refractivity contribution in [3.05, 3.63) is 77.7 Å². The van der Waals surface area contributed by atoms with Crippen LogP contribution in [-0.2, 0) is 21.2 Å². The van der Waals surface area contributed by atoms with E-state index in [1.807, 2.05) is 67.6 Å². The molecule has 1 aliphatic heterocycles. The van der Waals surface area contributed by atoms with Gasteiger partial charge in [-0.05, 0) is 67.3 Å². The Labute approximate surface area is 236 Å². The molecule has 1 aromatic heterocycles. The summed E-state index contributed by atoms with van der Waals surface area (Å²) in [5.74, 6) is 2.36. The number of carbonyl (C=O) groups excluding carboxylic acids is 1. The van der Waals surface area contributed by atoms with Gasteiger partial charge in [0.05, 0.1) is 24.1 Å². The van der Waals surface area contributed by atoms with Gasteiger partial charge in [0.15, 0.2) is 0 Å². The maximum atomic E-state index is 13.2. The van der Waals surface area contributed by atoms with Crippen molar-refractivity contribution in [3.63, 3.8) is 0 Å². The molecule has 6 rings (SSSR count). The normalized spacial score (nSPS) is 25.9. The Hall–Kier alpha value is -3.39. The van der Waals surface area contributed by atoms with Gasteiger partial charge in [0, 0.05) is 23.8 Å². The van der Waals surface area contributed by atoms with Crippen molar-refractivity contribution in [2.75, 3.05) is 12.4 Å². The number of sulfonamides is 1. The van der Waals surface area contributed by atoms with Crippen molar-refractivity contribution in [1.82, 2.24) is 9.29 Å². The molecule has 40 heavy (non-hydrogen) atoms. The fourth-order valence-corrected chi connectivity index (χ4v) is 9.90. The SMILES string of the molecule is Cc1oc(-c2ccccc2)nc1CCOc1cccc(C=CCC(=O)N2C3CC4CC[C@@]3(CS2(=O)=O)C4(C)C)c1. The third-order valence-corrected chi connectivity index (χ3v) is 11.6. The predicted molar refractivity (Wildman–Crippen MR) is 154 cm³/mol. The second-order valence-corrected chi connectivity index (χ2v) is 13.8. The fourth-order valence-electron chi connectivity index (χ4n) is 7.34. The van der Waals surface area contributed by atoms with Crippen LogP contribution in [0.25, 0.3) is 17.5 Å². The summed E-state index contributed by atoms with van der Waals surface area (Å²) < 4.78 is 39.3. The summed E-state index contributed by atoms with van der Waals surface area (Å²) in [6.45, 7) is 6.74. The van der Waals surface area contributed by atoms with Gasteiger partial charge in [0.1, 0.15) is 11.5 Å². The molecule has 210 valence electrons. The zero-order chi connectivity index (χ0) is 28.1. The molecule has 7 nitrogen and oxygen atoms in total. The van der Waals surface area contributed by atoms with E-state index in [4.69, 9.17) is 9.15 Å². The third-order valence-electron chi connectivity index (χ3n) is 9.64. The van der Waals surface area contributed by atoms with E-state index in [1.165, 1.54) is 4.31 Å². The van der Waals surface area contributed by atoms with Gasteiger partial charge in [0.25, 0.3) is 0 Å². The molecule has 2 unspecified atom stereocenters. The summed E-state index contributed by atoms with van der Waals surface area (Å²) in [4.78, 5) is 17.8. The van der Waals surface area contributed by atoms with Gasteiger partial charge in [-0.2, -0.15) is 0 Å². The second kappa shape index (κ2) is 9.91. The highest BCUT2D eigenvalue weighted by atomic mass is 32.2. The molecule has 1 spiro atoms. The number of carbonyl (C=O) groups is 1. The standard InChI is InChI=1S/C32H36N2O5S/c1-22-27(33-30(39-22)24-11-5-4-6-12-24)16-18-38-26-13-7-9-23(19-26)10-8-14-29(35)34-28-20-25-15-17-32(28,31(25,2)3)21-40(34,36)37/h4-13,19,25,28H,14-18,20-21H2,1-3H3/t25?,28?,32-/m0/s1. The first kappa shape index (κ1) is 26.8. The van der Waals surface area contributed by atoms with E-state index in [-0.39, 0.29) is 35.0 Å². The van der Waals surface area contributed by atoms with Crippen LogP contribution < -0.4 is 4.74 Å². The van der Waals surface area contributed by atoms with Gasteiger partial charge >= 0.3 is 0 Å². The smallest absolute Gasteiger partial charge is 0.240 e. The van der Waals surface area contributed by atoms with Crippen molar-refractivity contribution in [3.8, 4) is 17.2 Å². The van der Waals surface area contributed by atoms with Crippen LogP contribution in [0.3, 0.4) is 0 Å². The lowest BCUT2D eigenvalue weighted by Gasteiger charge is -2.37. The van der Waals surface area contributed by atoms with Gasteiger partial charge in [-0.3, -0.25) is 4.79 Å². The van der Waals surface area contributed by atoms with Crippen LogP contribution in [-0.4, -0.2) is 42.0 Å². The number of oxazole rings is 1. The van der Waals surface area contributed by atoms with E-state index < -0.39 is 10.0 Å². The van der Waals surface area contributed by atoms with Gasteiger partial charge in [-0.15, -0.1) is 0 Å². The van der Waals surface area contributed by atoms with Crippen LogP contribution in [0.4, 0.5) is 0 Å². The quantitative estimate of drug-likeness (QED) is 0.334. The third kappa shape index (κ3) is 4.46. The zero-order valence-electron chi connectivity index (χ0n) is 23.3. The Morgan fingerprint density at radius 2 is 1.98 bits per heavy atom. The molecule has 8 heteroatoms. The second-order valence-electron chi connectivity index (χ2n) is 12.0. The van der Waals surface area contributed by atoms with E-state index in [0.717, 1.165) is 41.8 Å². The first-order valence-electron chi connectivity index (χ1n) is 14.1. The number of hydrogen-bond donors (Lipinski definition) is 0. The average molecular weight is 561 g/mol. The number of nitrogens with zero attached hydrogens (tertiary/aromatic N) is 2. The van der Waals surface area contributed by atoms with Crippen LogP contribution in [0.5, 0.6) is 5.75 Å². The molecule has 0 radical (unpaired) electrons. The molecular weight excluding hydrogens is 524 g/mol. The molecule has 1 amide bonds. The Balaban J connectivity index is 1.06. The number of benzene rings is 2. The van der Waals surface area contributed by atoms with Crippen LogP contribution >= 0.6 is 0 Å². The minimum atomic E-state index is -3.59. The highest BCUT2D eigenvalue weighted by molar-refractivity contribution is 7.90. The van der Waals surface area contributed by atoms with Crippen LogP contribution in [0.1, 0.15) is 56.5 Å². The first-order chi connectivity index (χ1) is 19.1. The lowest BCUT2D eigenvalue weighted by atomic mass is 9.69. The summed E-state index contributed by atoms with van der Waals surface area (Å²) in [6, 6.07) is 17.2. The molecule has 0 N–H and O–H groups in total. The Morgan fingerprint density at radius 1 is 1.18 bits per heavy atom. The lowest BCUT2D eigenvalue weighted by Crippen LogP contribution is -2.44. The minimum absolute atomic E-state index is 0.0490. The number of aromatic nitrogens is 1. The molecule has 3 fully saturated rings. The number of aryl methyl sites for hydroxylation is 1. The molecule has 2 bridgehead atoms. The van der Waals surface area contributed by atoms with Crippen LogP contribution in [0, 0.1) is 23.7 Å². The van der Waals surface area contributed by atoms with E-state index >= 15 is 0 Å². The number of amides is 1. The Bertz CT molecular complexity index is 1560. The Morgan fingerprint density at radius 3 is 2.75 bits per heavy atom. The van der Waals surface area contributed by atoms with Gasteiger partial charge in [0.2, 0.25) is 21.8 Å². The van der Waals surface area contributed by atoms with Crippen LogP contribution in [0.2, 0.25) is 0 Å². The van der Waals surface area contributed by atoms with Gasteiger partial charge in [-0.1, -0.05) is 56.3 Å². The van der Waals surface area contributed by atoms with Gasteiger partial charge in [-0.25, -0.2) is 17.7 Å². The summed E-state index contributed by atoms with van der Waals surface area (Å²) in [5, 5.41) is 0. The largest absolute Gasteiger partial charge is 0.493 e. The fraction of sp³-hybridized carbons (Fsp3) is 0.438. The number of hydrogen-bond acceptors (Lipinski definition) is 6. The maximum absolute atomic E-state index is 13.2. The molecule has 1 saturated heterocycles. The van der Waals surface area contributed by atoms with Crippen molar-refractivity contribution in [2.24, 2.45) is 16.7 Å². The lowest BCUT2D eigenvalue weighted by molar-refractivity contribution is -0.128. The molecule has 3 aliphatic rings. The summed E-state index contributed by atoms with van der Waals surface area (Å²) in [6.07, 6.45) is 7.02. The van der Waals surface area contributed by atoms with Crippen molar-refractivity contribution in [2.45, 2.75) is 58.9 Å². The number of ether oxygens (including phenoxy) is 1. The van der Waals surface area contributed by atoms with E-state index in [1.54, 1.807) is 6.08 Å². The van der Waals surface area contributed by atoms with Crippen molar-refractivity contribution >= 4 is 22.0 Å². The van der Waals surface area contributed by atoms with Gasteiger partial charge < -0.3 is 9.15 Å². The van der Waals surface area contributed by atoms with Crippen LogP contribution in [0.15, 0.2) is 65.1 Å². The topological polar surface area (TPSA) is 89.7 Å². The Kier molecular flexibility index (Phi) is 6.64. The highest BCUT2D eigenvalue weighted by Gasteiger charge is 2.72. The molecular formula is C32H36N2O5S. The summed E-state index contributed by atoms with van der Waals surface area (Å²) in [7, 11) is -3.59. The monoisotopic (exact) mass is 560 g/mol. The van der Waals surface area contributed by atoms with E-state index in [2.05, 4.69) is 18.8 Å². The molecule has 2 saturated carbocycles. The van der Waals surface area contributed by atoms with E-state index in [0.29, 0.717) is 30.6 Å². The maximum Gasteiger partial charge on any atom is 0.240 e. The average Bonchev–Trinajstić information content (AvgIpc) is 3.55.